The number of nitrogens with zero attached hydrogens (tertiary/aromatic N) is 1. The van der Waals surface area contributed by atoms with Crippen LogP contribution in [0.1, 0.15) is 25.0 Å². The first-order valence-electron chi connectivity index (χ1n) is 6.07. The smallest absolute Gasteiger partial charge is 0.249 e. The maximum absolute atomic E-state index is 12.2. The fraction of sp³-hybridized carbons (Fsp3) is 0.500. The highest BCUT2D eigenvalue weighted by Gasteiger charge is 2.32. The Labute approximate surface area is 103 Å². The summed E-state index contributed by atoms with van der Waals surface area (Å²) in [6, 6.07) is 4.09. The van der Waals surface area contributed by atoms with Crippen molar-refractivity contribution < 1.29 is 4.79 Å². The van der Waals surface area contributed by atoms with Gasteiger partial charge in [-0.3, -0.25) is 4.79 Å². The Balaban J connectivity index is 2.53. The largest absolute Gasteiger partial charge is 0.372 e. The molecule has 0 bridgehead atoms. The van der Waals surface area contributed by atoms with Crippen LogP contribution in [0.5, 0.6) is 0 Å². The summed E-state index contributed by atoms with van der Waals surface area (Å²) in [4.78, 5) is 14.0. The van der Waals surface area contributed by atoms with Gasteiger partial charge in [0.15, 0.2) is 0 Å². The Morgan fingerprint density at radius 2 is 1.94 bits per heavy atom. The number of carbonyl (C=O) groups is 1. The third-order valence-corrected chi connectivity index (χ3v) is 3.38. The number of aryl methyl sites for hydroxylation is 2. The number of hydrogen-bond donors (Lipinski definition) is 1. The standard InChI is InChI=1S/C14H20N2O/c1-8(2)12-14(17)16(5)11-7-9(3)6-10(4)13(11)15-12/h6-8,12,15H,1-5H3. The molecule has 0 saturated carbocycles. The molecule has 0 fully saturated rings. The molecule has 1 heterocycles. The lowest BCUT2D eigenvalue weighted by Gasteiger charge is -2.36. The first kappa shape index (κ1) is 12.0. The summed E-state index contributed by atoms with van der Waals surface area (Å²) in [6.45, 7) is 8.27. The maximum atomic E-state index is 12.2. The van der Waals surface area contributed by atoms with E-state index >= 15 is 0 Å². The van der Waals surface area contributed by atoms with Gasteiger partial charge < -0.3 is 10.2 Å². The van der Waals surface area contributed by atoms with E-state index in [0.717, 1.165) is 11.4 Å². The number of fused-ring (bicyclic) bond motifs is 1. The molecule has 1 aliphatic heterocycles. The van der Waals surface area contributed by atoms with E-state index in [1.54, 1.807) is 4.90 Å². The average Bonchev–Trinajstić information content (AvgIpc) is 2.23. The van der Waals surface area contributed by atoms with Crippen molar-refractivity contribution >= 4 is 17.3 Å². The van der Waals surface area contributed by atoms with Crippen molar-refractivity contribution in [2.24, 2.45) is 5.92 Å². The lowest BCUT2D eigenvalue weighted by Crippen LogP contribution is -2.48. The van der Waals surface area contributed by atoms with E-state index < -0.39 is 0 Å². The van der Waals surface area contributed by atoms with Crippen molar-refractivity contribution in [3.05, 3.63) is 23.3 Å². The topological polar surface area (TPSA) is 32.3 Å². The summed E-state index contributed by atoms with van der Waals surface area (Å²) in [7, 11) is 1.86. The maximum Gasteiger partial charge on any atom is 0.249 e. The summed E-state index contributed by atoms with van der Waals surface area (Å²) in [6.07, 6.45) is 0. The molecule has 3 nitrogen and oxygen atoms in total. The molecule has 1 aliphatic rings. The van der Waals surface area contributed by atoms with Gasteiger partial charge in [-0.15, -0.1) is 0 Å². The average molecular weight is 232 g/mol. The van der Waals surface area contributed by atoms with E-state index in [1.165, 1.54) is 11.1 Å². The predicted molar refractivity (Wildman–Crippen MR) is 71.6 cm³/mol. The number of likely N-dealkylation sites (N-methyl/N-ethyl adjacent to an activating group) is 1. The van der Waals surface area contributed by atoms with Crippen molar-refractivity contribution in [3.63, 3.8) is 0 Å². The molecular formula is C14H20N2O. The lowest BCUT2D eigenvalue weighted by atomic mass is 9.97. The second-order valence-corrected chi connectivity index (χ2v) is 5.24. The van der Waals surface area contributed by atoms with Crippen LogP contribution < -0.4 is 10.2 Å². The Kier molecular flexibility index (Phi) is 2.86. The molecule has 1 unspecified atom stereocenters. The van der Waals surface area contributed by atoms with E-state index in [1.807, 2.05) is 7.05 Å². The minimum Gasteiger partial charge on any atom is -0.372 e. The monoisotopic (exact) mass is 232 g/mol. The third-order valence-electron chi connectivity index (χ3n) is 3.38. The molecule has 0 saturated heterocycles. The summed E-state index contributed by atoms with van der Waals surface area (Å²) >= 11 is 0. The Bertz CT molecular complexity index is 466. The van der Waals surface area contributed by atoms with Crippen LogP contribution in [-0.2, 0) is 4.79 Å². The molecule has 1 amide bonds. The van der Waals surface area contributed by atoms with Crippen molar-refractivity contribution in [2.45, 2.75) is 33.7 Å². The van der Waals surface area contributed by atoms with Gasteiger partial charge in [-0.25, -0.2) is 0 Å². The highest BCUT2D eigenvalue weighted by atomic mass is 16.2. The third kappa shape index (κ3) is 1.90. The first-order chi connectivity index (χ1) is 7.91. The van der Waals surface area contributed by atoms with E-state index in [2.05, 4.69) is 45.1 Å². The van der Waals surface area contributed by atoms with Crippen LogP contribution in [-0.4, -0.2) is 19.0 Å². The number of nitrogens with one attached hydrogen (secondary N) is 1. The summed E-state index contributed by atoms with van der Waals surface area (Å²) in [5.41, 5.74) is 4.47. The van der Waals surface area contributed by atoms with Gasteiger partial charge in [-0.05, 0) is 37.0 Å². The highest BCUT2D eigenvalue weighted by molar-refractivity contribution is 6.05. The lowest BCUT2D eigenvalue weighted by molar-refractivity contribution is -0.120. The SMILES string of the molecule is Cc1cc(C)c2c(c1)N(C)C(=O)C(C(C)C)N2. The van der Waals surface area contributed by atoms with Gasteiger partial charge in [0.1, 0.15) is 6.04 Å². The van der Waals surface area contributed by atoms with Gasteiger partial charge in [-0.2, -0.15) is 0 Å². The van der Waals surface area contributed by atoms with Gasteiger partial charge in [0, 0.05) is 7.05 Å². The molecule has 0 aromatic heterocycles. The molecular weight excluding hydrogens is 212 g/mol. The van der Waals surface area contributed by atoms with Crippen molar-refractivity contribution in [2.75, 3.05) is 17.3 Å². The molecule has 92 valence electrons. The van der Waals surface area contributed by atoms with Crippen LogP contribution in [0.2, 0.25) is 0 Å². The molecule has 1 aromatic carbocycles. The minimum atomic E-state index is -0.117. The molecule has 1 atom stereocenters. The number of hydrogen-bond acceptors (Lipinski definition) is 2. The van der Waals surface area contributed by atoms with Crippen LogP contribution in [0, 0.1) is 19.8 Å². The summed E-state index contributed by atoms with van der Waals surface area (Å²) < 4.78 is 0. The van der Waals surface area contributed by atoms with Gasteiger partial charge >= 0.3 is 0 Å². The van der Waals surface area contributed by atoms with Crippen LogP contribution in [0.25, 0.3) is 0 Å². The molecule has 3 heteroatoms. The van der Waals surface area contributed by atoms with Crippen molar-refractivity contribution in [1.29, 1.82) is 0 Å². The van der Waals surface area contributed by atoms with Gasteiger partial charge in [0.2, 0.25) is 5.91 Å². The number of benzene rings is 1. The molecule has 0 spiro atoms. The molecule has 1 N–H and O–H groups in total. The van der Waals surface area contributed by atoms with Crippen LogP contribution >= 0.6 is 0 Å². The molecule has 0 radical (unpaired) electrons. The second-order valence-electron chi connectivity index (χ2n) is 5.24. The van der Waals surface area contributed by atoms with E-state index in [4.69, 9.17) is 0 Å². The fourth-order valence-electron chi connectivity index (χ4n) is 2.39. The zero-order valence-corrected chi connectivity index (χ0v) is 11.2. The quantitative estimate of drug-likeness (QED) is 0.807. The van der Waals surface area contributed by atoms with E-state index in [0.29, 0.717) is 5.92 Å². The zero-order valence-electron chi connectivity index (χ0n) is 11.2. The summed E-state index contributed by atoms with van der Waals surface area (Å²) in [5.74, 6) is 0.441. The predicted octanol–water partition coefficient (Wildman–Crippen LogP) is 2.72. The van der Waals surface area contributed by atoms with Crippen LogP contribution in [0.4, 0.5) is 11.4 Å². The number of carbonyl (C=O) groups excluding carboxylic acids is 1. The van der Waals surface area contributed by atoms with Crippen LogP contribution in [0.3, 0.4) is 0 Å². The van der Waals surface area contributed by atoms with E-state index in [-0.39, 0.29) is 11.9 Å². The highest BCUT2D eigenvalue weighted by Crippen LogP contribution is 2.35. The Morgan fingerprint density at radius 1 is 1.29 bits per heavy atom. The van der Waals surface area contributed by atoms with Gasteiger partial charge in [-0.1, -0.05) is 19.9 Å². The van der Waals surface area contributed by atoms with Crippen molar-refractivity contribution in [1.82, 2.24) is 0 Å². The zero-order chi connectivity index (χ0) is 12.7. The van der Waals surface area contributed by atoms with Crippen LogP contribution in [0.15, 0.2) is 12.1 Å². The van der Waals surface area contributed by atoms with Crippen molar-refractivity contribution in [3.8, 4) is 0 Å². The number of amides is 1. The van der Waals surface area contributed by atoms with E-state index in [9.17, 15) is 4.79 Å². The molecule has 1 aromatic rings. The number of rotatable bonds is 1. The Hall–Kier alpha value is -1.51. The Morgan fingerprint density at radius 3 is 2.53 bits per heavy atom. The second kappa shape index (κ2) is 4.06. The van der Waals surface area contributed by atoms with Gasteiger partial charge in [0.25, 0.3) is 0 Å². The fourth-order valence-corrected chi connectivity index (χ4v) is 2.39. The molecule has 17 heavy (non-hydrogen) atoms. The number of anilines is 2. The normalized spacial score (nSPS) is 19.3. The molecule has 0 aliphatic carbocycles. The first-order valence-corrected chi connectivity index (χ1v) is 6.07. The van der Waals surface area contributed by atoms with Gasteiger partial charge in [0.05, 0.1) is 11.4 Å². The minimum absolute atomic E-state index is 0.117. The summed E-state index contributed by atoms with van der Waals surface area (Å²) in [5, 5.41) is 3.38. The molecule has 2 rings (SSSR count).